The lowest BCUT2D eigenvalue weighted by atomic mass is 9.79. The summed E-state index contributed by atoms with van der Waals surface area (Å²) in [5, 5.41) is 6.76. The first kappa shape index (κ1) is 18.0. The van der Waals surface area contributed by atoms with Gasteiger partial charge < -0.3 is 8.83 Å². The first-order valence-corrected chi connectivity index (χ1v) is 10.0. The number of hydrazone groups is 1. The van der Waals surface area contributed by atoms with Crippen molar-refractivity contribution in [3.05, 3.63) is 88.7 Å². The standard InChI is InChI=1S/C23H19ClN2O3/c24-19-10-2-1-8-17(19)23(27)26-22(20-11-5-13-29-20)18-9-3-6-15(21(18)25-26)14-16-7-4-12-28-16/h1-2,4-5,7-8,10-14,18,22H,3,6,9H2/b15-14+/t18-,22+/m1/s1. The zero-order chi connectivity index (χ0) is 19.8. The van der Waals surface area contributed by atoms with E-state index >= 15 is 0 Å². The number of amides is 1. The van der Waals surface area contributed by atoms with Gasteiger partial charge in [0.2, 0.25) is 0 Å². The number of hydrogen-bond acceptors (Lipinski definition) is 4. The molecule has 1 fully saturated rings. The smallest absolute Gasteiger partial charge is 0.276 e. The molecule has 1 aliphatic carbocycles. The first-order chi connectivity index (χ1) is 14.2. The number of carbonyl (C=O) groups is 1. The number of hydrogen-bond donors (Lipinski definition) is 0. The van der Waals surface area contributed by atoms with Crippen molar-refractivity contribution in [1.29, 1.82) is 0 Å². The predicted molar refractivity (Wildman–Crippen MR) is 111 cm³/mol. The van der Waals surface area contributed by atoms with E-state index in [0.29, 0.717) is 10.6 Å². The third-order valence-electron chi connectivity index (χ3n) is 5.51. The number of carbonyl (C=O) groups excluding carboxylic acids is 1. The Balaban J connectivity index is 1.59. The molecule has 29 heavy (non-hydrogen) atoms. The van der Waals surface area contributed by atoms with E-state index in [-0.39, 0.29) is 17.9 Å². The van der Waals surface area contributed by atoms with Crippen LogP contribution in [0.15, 0.2) is 80.6 Å². The van der Waals surface area contributed by atoms with Crippen molar-refractivity contribution in [2.75, 3.05) is 0 Å². The highest BCUT2D eigenvalue weighted by Gasteiger charge is 2.45. The second-order valence-electron chi connectivity index (χ2n) is 7.26. The van der Waals surface area contributed by atoms with Gasteiger partial charge in [0.15, 0.2) is 0 Å². The van der Waals surface area contributed by atoms with E-state index in [1.807, 2.05) is 36.4 Å². The summed E-state index contributed by atoms with van der Waals surface area (Å²) in [6, 6.07) is 14.3. The highest BCUT2D eigenvalue weighted by molar-refractivity contribution is 6.33. The highest BCUT2D eigenvalue weighted by Crippen LogP contribution is 2.45. The molecule has 0 saturated heterocycles. The Labute approximate surface area is 173 Å². The Morgan fingerprint density at radius 3 is 2.69 bits per heavy atom. The van der Waals surface area contributed by atoms with Crippen LogP contribution >= 0.6 is 11.6 Å². The minimum atomic E-state index is -0.288. The first-order valence-electron chi connectivity index (χ1n) is 9.67. The molecule has 5 rings (SSSR count). The number of fused-ring (bicyclic) bond motifs is 1. The quantitative estimate of drug-likeness (QED) is 0.539. The second-order valence-corrected chi connectivity index (χ2v) is 7.67. The molecule has 3 heterocycles. The maximum Gasteiger partial charge on any atom is 0.276 e. The number of benzene rings is 1. The average Bonchev–Trinajstić information content (AvgIpc) is 3.48. The molecule has 1 aromatic carbocycles. The van der Waals surface area contributed by atoms with Crippen LogP contribution in [-0.4, -0.2) is 16.6 Å². The summed E-state index contributed by atoms with van der Waals surface area (Å²) in [6.07, 6.45) is 8.16. The molecule has 2 aliphatic rings. The van der Waals surface area contributed by atoms with Gasteiger partial charge in [0.1, 0.15) is 17.6 Å². The molecule has 146 valence electrons. The molecule has 6 heteroatoms. The summed E-state index contributed by atoms with van der Waals surface area (Å²) in [5.74, 6) is 1.36. The summed E-state index contributed by atoms with van der Waals surface area (Å²) >= 11 is 6.30. The summed E-state index contributed by atoms with van der Waals surface area (Å²) < 4.78 is 11.2. The van der Waals surface area contributed by atoms with Gasteiger partial charge in [-0.1, -0.05) is 23.7 Å². The molecule has 0 N–H and O–H groups in total. The van der Waals surface area contributed by atoms with Crippen LogP contribution < -0.4 is 0 Å². The molecular formula is C23H19ClN2O3. The zero-order valence-corrected chi connectivity index (χ0v) is 16.4. The van der Waals surface area contributed by atoms with Gasteiger partial charge in [0.05, 0.1) is 28.8 Å². The lowest BCUT2D eigenvalue weighted by Gasteiger charge is -2.27. The highest BCUT2D eigenvalue weighted by atomic mass is 35.5. The minimum Gasteiger partial charge on any atom is -0.467 e. The van der Waals surface area contributed by atoms with E-state index in [1.54, 1.807) is 35.7 Å². The molecule has 0 unspecified atom stereocenters. The number of allylic oxidation sites excluding steroid dienone is 1. The predicted octanol–water partition coefficient (Wildman–Crippen LogP) is 5.96. The molecular weight excluding hydrogens is 388 g/mol. The zero-order valence-electron chi connectivity index (χ0n) is 15.6. The topological polar surface area (TPSA) is 59.0 Å². The fourth-order valence-corrected chi connectivity index (χ4v) is 4.43. The van der Waals surface area contributed by atoms with Gasteiger partial charge in [-0.25, -0.2) is 5.01 Å². The summed E-state index contributed by atoms with van der Waals surface area (Å²) in [7, 11) is 0. The van der Waals surface area contributed by atoms with E-state index in [0.717, 1.165) is 42.1 Å². The molecule has 0 spiro atoms. The van der Waals surface area contributed by atoms with E-state index in [9.17, 15) is 4.79 Å². The summed E-state index contributed by atoms with van der Waals surface area (Å²) in [4.78, 5) is 13.4. The van der Waals surface area contributed by atoms with Crippen molar-refractivity contribution >= 4 is 29.3 Å². The monoisotopic (exact) mass is 406 g/mol. The van der Waals surface area contributed by atoms with Gasteiger partial charge >= 0.3 is 0 Å². The maximum atomic E-state index is 13.4. The fraction of sp³-hybridized carbons (Fsp3) is 0.217. The van der Waals surface area contributed by atoms with Crippen molar-refractivity contribution in [3.63, 3.8) is 0 Å². The molecule has 2 atom stereocenters. The third kappa shape index (κ3) is 3.21. The SMILES string of the molecule is O=C(c1ccccc1Cl)N1N=C2/C(=C/c3ccco3)CCC[C@H]2[C@H]1c1ccco1. The van der Waals surface area contributed by atoms with Crippen LogP contribution in [0.25, 0.3) is 6.08 Å². The normalized spacial score (nSPS) is 22.6. The van der Waals surface area contributed by atoms with Gasteiger partial charge in [-0.15, -0.1) is 0 Å². The van der Waals surface area contributed by atoms with Crippen LogP contribution in [0.5, 0.6) is 0 Å². The molecule has 3 aromatic rings. The molecule has 1 amide bonds. The average molecular weight is 407 g/mol. The van der Waals surface area contributed by atoms with Crippen molar-refractivity contribution in [2.24, 2.45) is 11.0 Å². The van der Waals surface area contributed by atoms with E-state index in [1.165, 1.54) is 0 Å². The van der Waals surface area contributed by atoms with E-state index < -0.39 is 0 Å². The molecule has 2 aromatic heterocycles. The van der Waals surface area contributed by atoms with Gasteiger partial charge in [-0.2, -0.15) is 5.10 Å². The minimum absolute atomic E-state index is 0.0718. The van der Waals surface area contributed by atoms with Gasteiger partial charge in [0, 0.05) is 5.92 Å². The number of rotatable bonds is 3. The van der Waals surface area contributed by atoms with Crippen molar-refractivity contribution in [3.8, 4) is 0 Å². The van der Waals surface area contributed by atoms with E-state index in [2.05, 4.69) is 0 Å². The van der Waals surface area contributed by atoms with Crippen LogP contribution in [0.1, 0.15) is 47.2 Å². The summed E-state index contributed by atoms with van der Waals surface area (Å²) in [6.45, 7) is 0. The van der Waals surface area contributed by atoms with Crippen LogP contribution in [0.4, 0.5) is 0 Å². The second kappa shape index (κ2) is 7.41. The Bertz CT molecular complexity index is 1080. The Morgan fingerprint density at radius 2 is 1.93 bits per heavy atom. The molecule has 1 aliphatic heterocycles. The maximum absolute atomic E-state index is 13.4. The lowest BCUT2D eigenvalue weighted by Crippen LogP contribution is -2.31. The lowest BCUT2D eigenvalue weighted by molar-refractivity contribution is 0.0656. The third-order valence-corrected chi connectivity index (χ3v) is 5.84. The molecule has 0 bridgehead atoms. The molecule has 0 radical (unpaired) electrons. The number of furan rings is 2. The van der Waals surface area contributed by atoms with Crippen LogP contribution in [0, 0.1) is 5.92 Å². The van der Waals surface area contributed by atoms with Gasteiger partial charge in [0.25, 0.3) is 5.91 Å². The number of halogens is 1. The number of nitrogens with zero attached hydrogens (tertiary/aromatic N) is 2. The summed E-state index contributed by atoms with van der Waals surface area (Å²) in [5.41, 5.74) is 2.46. The van der Waals surface area contributed by atoms with Gasteiger partial charge in [-0.3, -0.25) is 4.79 Å². The van der Waals surface area contributed by atoms with Crippen molar-refractivity contribution in [2.45, 2.75) is 25.3 Å². The van der Waals surface area contributed by atoms with Gasteiger partial charge in [-0.05, 0) is 67.3 Å². The Morgan fingerprint density at radius 1 is 1.10 bits per heavy atom. The van der Waals surface area contributed by atoms with Crippen molar-refractivity contribution < 1.29 is 13.6 Å². The molecule has 5 nitrogen and oxygen atoms in total. The van der Waals surface area contributed by atoms with Crippen LogP contribution in [0.2, 0.25) is 5.02 Å². The van der Waals surface area contributed by atoms with E-state index in [4.69, 9.17) is 25.5 Å². The van der Waals surface area contributed by atoms with Crippen LogP contribution in [0.3, 0.4) is 0 Å². The fourth-order valence-electron chi connectivity index (χ4n) is 4.21. The van der Waals surface area contributed by atoms with Crippen molar-refractivity contribution in [1.82, 2.24) is 5.01 Å². The van der Waals surface area contributed by atoms with Crippen LogP contribution in [-0.2, 0) is 0 Å². The largest absolute Gasteiger partial charge is 0.467 e. The molecule has 1 saturated carbocycles. The Kier molecular flexibility index (Phi) is 4.60. The Hall–Kier alpha value is -3.05.